The van der Waals surface area contributed by atoms with E-state index < -0.39 is 11.9 Å². The molecule has 146 valence electrons. The van der Waals surface area contributed by atoms with Crippen LogP contribution in [-0.2, 0) is 17.5 Å². The smallest absolute Gasteiger partial charge is 0.379 e. The first-order valence-corrected chi connectivity index (χ1v) is 8.57. The molecule has 0 saturated carbocycles. The Kier molecular flexibility index (Phi) is 5.60. The second-order valence-electron chi connectivity index (χ2n) is 6.48. The average molecular weight is 401 g/mol. The number of pyridine rings is 2. The first kappa shape index (κ1) is 19.9. The molecule has 0 amide bonds. The summed E-state index contributed by atoms with van der Waals surface area (Å²) < 4.78 is 47.7. The van der Waals surface area contributed by atoms with E-state index in [-0.39, 0.29) is 17.9 Å². The summed E-state index contributed by atoms with van der Waals surface area (Å²) in [6.45, 7) is 5.78. The lowest BCUT2D eigenvalue weighted by Gasteiger charge is -2.27. The van der Waals surface area contributed by atoms with Gasteiger partial charge in [0.05, 0.1) is 18.7 Å². The van der Waals surface area contributed by atoms with Gasteiger partial charge in [0.2, 0.25) is 0 Å². The monoisotopic (exact) mass is 400 g/mol. The number of hydrogen-bond donors (Lipinski definition) is 0. The van der Waals surface area contributed by atoms with Crippen LogP contribution < -0.4 is 0 Å². The lowest BCUT2D eigenvalue weighted by atomic mass is 10.2. The molecule has 3 aromatic heterocycles. The van der Waals surface area contributed by atoms with Crippen LogP contribution in [-0.4, -0.2) is 52.3 Å². The Hall–Kier alpha value is -1.90. The fourth-order valence-corrected chi connectivity index (χ4v) is 3.50. The normalized spacial score (nSPS) is 16.0. The van der Waals surface area contributed by atoms with E-state index in [4.69, 9.17) is 4.74 Å². The van der Waals surface area contributed by atoms with Crippen molar-refractivity contribution in [3.05, 3.63) is 35.8 Å². The van der Waals surface area contributed by atoms with Gasteiger partial charge in [0.15, 0.2) is 5.69 Å². The van der Waals surface area contributed by atoms with Crippen LogP contribution in [0.5, 0.6) is 0 Å². The Labute approximate surface area is 160 Å². The zero-order valence-corrected chi connectivity index (χ0v) is 15.6. The fraction of sp³-hybridized carbons (Fsp3) is 0.444. The molecule has 0 atom stereocenters. The van der Waals surface area contributed by atoms with Crippen LogP contribution in [0.4, 0.5) is 13.2 Å². The third-order valence-corrected chi connectivity index (χ3v) is 4.77. The van der Waals surface area contributed by atoms with Crippen molar-refractivity contribution in [2.45, 2.75) is 19.6 Å². The largest absolute Gasteiger partial charge is 0.435 e. The number of alkyl halides is 3. The minimum absolute atomic E-state index is 0. The van der Waals surface area contributed by atoms with Crippen molar-refractivity contribution in [1.82, 2.24) is 19.4 Å². The molecule has 5 nitrogen and oxygen atoms in total. The molecule has 1 fully saturated rings. The number of hydrogen-bond acceptors (Lipinski definition) is 4. The zero-order chi connectivity index (χ0) is 18.3. The molecule has 1 aliphatic heterocycles. The van der Waals surface area contributed by atoms with Gasteiger partial charge in [0.25, 0.3) is 0 Å². The van der Waals surface area contributed by atoms with Crippen LogP contribution in [0.25, 0.3) is 21.9 Å². The first-order valence-electron chi connectivity index (χ1n) is 8.57. The lowest BCUT2D eigenvalue weighted by Crippen LogP contribution is -2.38. The maximum absolute atomic E-state index is 13.6. The number of halogens is 4. The van der Waals surface area contributed by atoms with Gasteiger partial charge in [-0.15, -0.1) is 12.4 Å². The Morgan fingerprint density at radius 2 is 1.81 bits per heavy atom. The van der Waals surface area contributed by atoms with Crippen LogP contribution in [0.2, 0.25) is 0 Å². The van der Waals surface area contributed by atoms with E-state index in [1.807, 2.05) is 19.1 Å². The lowest BCUT2D eigenvalue weighted by molar-refractivity contribution is -0.140. The van der Waals surface area contributed by atoms with Crippen molar-refractivity contribution in [1.29, 1.82) is 0 Å². The minimum atomic E-state index is -4.51. The predicted molar refractivity (Wildman–Crippen MR) is 99.3 cm³/mol. The van der Waals surface area contributed by atoms with E-state index in [1.165, 1.54) is 6.20 Å². The topological polar surface area (TPSA) is 43.2 Å². The highest BCUT2D eigenvalue weighted by atomic mass is 35.5. The summed E-state index contributed by atoms with van der Waals surface area (Å²) in [7, 11) is 0. The van der Waals surface area contributed by atoms with Gasteiger partial charge < -0.3 is 9.30 Å². The Morgan fingerprint density at radius 1 is 1.07 bits per heavy atom. The van der Waals surface area contributed by atoms with Crippen molar-refractivity contribution in [3.63, 3.8) is 0 Å². The number of aromatic nitrogens is 3. The van der Waals surface area contributed by atoms with E-state index in [2.05, 4.69) is 14.9 Å². The summed E-state index contributed by atoms with van der Waals surface area (Å²) in [5, 5.41) is 1.26. The molecule has 0 aliphatic carbocycles. The maximum atomic E-state index is 13.6. The molecule has 0 radical (unpaired) electrons. The van der Waals surface area contributed by atoms with Crippen LogP contribution in [0, 0.1) is 6.92 Å². The summed E-state index contributed by atoms with van der Waals surface area (Å²) >= 11 is 0. The van der Waals surface area contributed by atoms with Gasteiger partial charge in [-0.25, -0.2) is 9.97 Å². The van der Waals surface area contributed by atoms with Crippen molar-refractivity contribution < 1.29 is 17.9 Å². The molecule has 0 aromatic carbocycles. The molecule has 0 N–H and O–H groups in total. The molecule has 0 unspecified atom stereocenters. The third kappa shape index (κ3) is 3.74. The van der Waals surface area contributed by atoms with Gasteiger partial charge in [0.1, 0.15) is 5.65 Å². The Balaban J connectivity index is 0.00000210. The molecule has 9 heteroatoms. The van der Waals surface area contributed by atoms with Gasteiger partial charge in [0, 0.05) is 48.8 Å². The molecule has 1 saturated heterocycles. The van der Waals surface area contributed by atoms with Gasteiger partial charge in [-0.05, 0) is 25.1 Å². The van der Waals surface area contributed by atoms with E-state index in [0.717, 1.165) is 24.2 Å². The van der Waals surface area contributed by atoms with E-state index in [0.29, 0.717) is 37.3 Å². The molecule has 0 spiro atoms. The van der Waals surface area contributed by atoms with E-state index in [9.17, 15) is 13.2 Å². The predicted octanol–water partition coefficient (Wildman–Crippen LogP) is 3.67. The third-order valence-electron chi connectivity index (χ3n) is 4.77. The number of aryl methyl sites for hydroxylation is 1. The highest BCUT2D eigenvalue weighted by Gasteiger charge is 2.36. The Bertz CT molecular complexity index is 951. The molecular formula is C18H20ClF3N4O. The number of morpholine rings is 1. The molecule has 27 heavy (non-hydrogen) atoms. The Morgan fingerprint density at radius 3 is 2.52 bits per heavy atom. The first-order chi connectivity index (χ1) is 12.4. The summed E-state index contributed by atoms with van der Waals surface area (Å²) in [6.07, 6.45) is -3.30. The quantitative estimate of drug-likeness (QED) is 0.673. The van der Waals surface area contributed by atoms with Crippen LogP contribution >= 0.6 is 12.4 Å². The van der Waals surface area contributed by atoms with Crippen molar-refractivity contribution in [2.24, 2.45) is 0 Å². The van der Waals surface area contributed by atoms with E-state index in [1.54, 1.807) is 10.6 Å². The number of nitrogens with zero attached hydrogens (tertiary/aromatic N) is 4. The van der Waals surface area contributed by atoms with Crippen molar-refractivity contribution in [3.8, 4) is 0 Å². The van der Waals surface area contributed by atoms with Gasteiger partial charge in [-0.2, -0.15) is 13.2 Å². The average Bonchev–Trinajstić information content (AvgIpc) is 2.92. The zero-order valence-electron chi connectivity index (χ0n) is 14.8. The number of fused-ring (bicyclic) bond motifs is 3. The minimum Gasteiger partial charge on any atom is -0.379 e. The van der Waals surface area contributed by atoms with Crippen LogP contribution in [0.1, 0.15) is 11.4 Å². The second-order valence-corrected chi connectivity index (χ2v) is 6.48. The van der Waals surface area contributed by atoms with Crippen molar-refractivity contribution in [2.75, 3.05) is 32.8 Å². The summed E-state index contributed by atoms with van der Waals surface area (Å²) in [6, 6.07) is 5.29. The number of rotatable bonds is 3. The van der Waals surface area contributed by atoms with Crippen molar-refractivity contribution >= 4 is 34.3 Å². The van der Waals surface area contributed by atoms with Gasteiger partial charge >= 0.3 is 6.18 Å². The standard InChI is InChI=1S/C18H19F3N4O.ClH/c1-12-2-3-14-13-4-5-22-16(18(19,20)21)15(13)25(17(14)23-12)7-6-24-8-10-26-11-9-24;/h2-5H,6-11H2,1H3;1H. The van der Waals surface area contributed by atoms with Gasteiger partial charge in [-0.1, -0.05) is 0 Å². The highest BCUT2D eigenvalue weighted by molar-refractivity contribution is 6.07. The highest BCUT2D eigenvalue weighted by Crippen LogP contribution is 2.37. The van der Waals surface area contributed by atoms with Crippen LogP contribution in [0.3, 0.4) is 0 Å². The van der Waals surface area contributed by atoms with Crippen LogP contribution in [0.15, 0.2) is 24.4 Å². The SMILES string of the molecule is Cc1ccc2c3ccnc(C(F)(F)F)c3n(CCN3CCOCC3)c2n1.Cl. The summed E-state index contributed by atoms with van der Waals surface area (Å²) in [4.78, 5) is 10.4. The molecule has 3 aromatic rings. The van der Waals surface area contributed by atoms with Gasteiger partial charge in [-0.3, -0.25) is 4.90 Å². The summed E-state index contributed by atoms with van der Waals surface area (Å²) in [5.74, 6) is 0. The number of ether oxygens (including phenoxy) is 1. The molecule has 0 bridgehead atoms. The molecule has 4 rings (SSSR count). The summed E-state index contributed by atoms with van der Waals surface area (Å²) in [5.41, 5.74) is 0.607. The fourth-order valence-electron chi connectivity index (χ4n) is 3.50. The second kappa shape index (κ2) is 7.61. The molecular weight excluding hydrogens is 381 g/mol. The van der Waals surface area contributed by atoms with E-state index >= 15 is 0 Å². The molecule has 4 heterocycles. The maximum Gasteiger partial charge on any atom is 0.435 e. The molecule has 1 aliphatic rings.